The van der Waals surface area contributed by atoms with E-state index < -0.39 is 5.97 Å². The summed E-state index contributed by atoms with van der Waals surface area (Å²) in [4.78, 5) is 25.9. The highest BCUT2D eigenvalue weighted by atomic mass is 32.1. The quantitative estimate of drug-likeness (QED) is 0.230. The number of anilines is 2. The first-order valence-electron chi connectivity index (χ1n) is 9.35. The SMILES string of the molecule is Nc1ccc(-c2cccs2)cc1NC(=O)c1ccc(OC(=O)c2ccc(O)cc2)cc1. The minimum atomic E-state index is -0.560. The third kappa shape index (κ3) is 4.73. The standard InChI is InChI=1S/C24H18N2O4S/c25-20-12-7-17(22-2-1-13-31-22)14-21(20)26-23(28)15-5-10-19(11-6-15)30-24(29)16-3-8-18(27)9-4-16/h1-14,27H,25H2,(H,26,28). The molecule has 0 unspecified atom stereocenters. The molecule has 1 aromatic heterocycles. The Labute approximate surface area is 182 Å². The summed E-state index contributed by atoms with van der Waals surface area (Å²) in [5.74, 6) is -0.524. The highest BCUT2D eigenvalue weighted by Crippen LogP contribution is 2.30. The van der Waals surface area contributed by atoms with Gasteiger partial charge in [-0.1, -0.05) is 12.1 Å². The Morgan fingerprint density at radius 1 is 0.903 bits per heavy atom. The minimum absolute atomic E-state index is 0.0634. The van der Waals surface area contributed by atoms with E-state index in [2.05, 4.69) is 5.32 Å². The van der Waals surface area contributed by atoms with E-state index in [1.165, 1.54) is 24.3 Å². The number of aromatic hydroxyl groups is 1. The third-order valence-corrected chi connectivity index (χ3v) is 5.46. The monoisotopic (exact) mass is 430 g/mol. The number of carbonyl (C=O) groups excluding carboxylic acids is 2. The van der Waals surface area contributed by atoms with Gasteiger partial charge < -0.3 is 20.9 Å². The summed E-state index contributed by atoms with van der Waals surface area (Å²) in [6.45, 7) is 0. The van der Waals surface area contributed by atoms with E-state index in [4.69, 9.17) is 10.5 Å². The molecule has 154 valence electrons. The third-order valence-electron chi connectivity index (χ3n) is 4.54. The maximum Gasteiger partial charge on any atom is 0.343 e. The number of amides is 1. The molecule has 0 saturated heterocycles. The molecule has 1 amide bonds. The van der Waals surface area contributed by atoms with Crippen LogP contribution in [0.25, 0.3) is 10.4 Å². The van der Waals surface area contributed by atoms with Gasteiger partial charge >= 0.3 is 5.97 Å². The van der Waals surface area contributed by atoms with Crippen LogP contribution in [0.2, 0.25) is 0 Å². The van der Waals surface area contributed by atoms with Gasteiger partial charge in [-0.05, 0) is 77.7 Å². The van der Waals surface area contributed by atoms with Crippen molar-refractivity contribution < 1.29 is 19.4 Å². The summed E-state index contributed by atoms with van der Waals surface area (Å²) in [7, 11) is 0. The normalized spacial score (nSPS) is 10.5. The first-order valence-corrected chi connectivity index (χ1v) is 10.2. The van der Waals surface area contributed by atoms with Gasteiger partial charge in [0.05, 0.1) is 16.9 Å². The van der Waals surface area contributed by atoms with Gasteiger partial charge in [-0.3, -0.25) is 4.79 Å². The van der Waals surface area contributed by atoms with Crippen LogP contribution in [0.4, 0.5) is 11.4 Å². The van der Waals surface area contributed by atoms with Crippen LogP contribution >= 0.6 is 11.3 Å². The molecule has 0 saturated carbocycles. The summed E-state index contributed by atoms with van der Waals surface area (Å²) in [5, 5.41) is 14.1. The number of nitrogen functional groups attached to an aromatic ring is 1. The van der Waals surface area contributed by atoms with Gasteiger partial charge in [0.2, 0.25) is 0 Å². The Balaban J connectivity index is 1.44. The Hall–Kier alpha value is -4.10. The fourth-order valence-corrected chi connectivity index (χ4v) is 3.62. The number of esters is 1. The molecular weight excluding hydrogens is 412 g/mol. The van der Waals surface area contributed by atoms with Crippen molar-refractivity contribution in [3.8, 4) is 21.9 Å². The lowest BCUT2D eigenvalue weighted by Crippen LogP contribution is -2.13. The van der Waals surface area contributed by atoms with Crippen LogP contribution in [0.5, 0.6) is 11.5 Å². The van der Waals surface area contributed by atoms with E-state index >= 15 is 0 Å². The van der Waals surface area contributed by atoms with Gasteiger partial charge in [0.1, 0.15) is 11.5 Å². The fourth-order valence-electron chi connectivity index (χ4n) is 2.89. The Morgan fingerprint density at radius 3 is 2.29 bits per heavy atom. The molecule has 4 rings (SSSR count). The van der Waals surface area contributed by atoms with Crippen molar-refractivity contribution in [2.75, 3.05) is 11.1 Å². The molecule has 0 fully saturated rings. The summed E-state index contributed by atoms with van der Waals surface area (Å²) < 4.78 is 5.30. The number of nitrogens with two attached hydrogens (primary N) is 1. The molecule has 31 heavy (non-hydrogen) atoms. The van der Waals surface area contributed by atoms with Crippen molar-refractivity contribution in [1.82, 2.24) is 0 Å². The molecule has 0 radical (unpaired) electrons. The number of thiophene rings is 1. The zero-order valence-corrected chi connectivity index (χ0v) is 17.1. The number of ether oxygens (including phenoxy) is 1. The lowest BCUT2D eigenvalue weighted by Gasteiger charge is -2.10. The minimum Gasteiger partial charge on any atom is -0.508 e. The zero-order valence-electron chi connectivity index (χ0n) is 16.2. The van der Waals surface area contributed by atoms with E-state index in [9.17, 15) is 14.7 Å². The molecule has 0 aliphatic rings. The Kier molecular flexibility index (Phi) is 5.68. The van der Waals surface area contributed by atoms with Crippen LogP contribution in [-0.4, -0.2) is 17.0 Å². The summed E-state index contributed by atoms with van der Waals surface area (Å²) >= 11 is 1.60. The number of nitrogens with one attached hydrogen (secondary N) is 1. The lowest BCUT2D eigenvalue weighted by atomic mass is 10.1. The van der Waals surface area contributed by atoms with Crippen LogP contribution in [0, 0.1) is 0 Å². The number of carbonyl (C=O) groups is 2. The number of phenols is 1. The average Bonchev–Trinajstić information content (AvgIpc) is 3.31. The second kappa shape index (κ2) is 8.73. The fraction of sp³-hybridized carbons (Fsp3) is 0. The summed E-state index contributed by atoms with van der Waals surface area (Å²) in [5.41, 5.74) is 8.69. The molecule has 0 aliphatic heterocycles. The predicted molar refractivity (Wildman–Crippen MR) is 122 cm³/mol. The second-order valence-corrected chi connectivity index (χ2v) is 7.64. The summed E-state index contributed by atoms with van der Waals surface area (Å²) in [6, 6.07) is 21.4. The van der Waals surface area contributed by atoms with Crippen LogP contribution in [-0.2, 0) is 0 Å². The first-order chi connectivity index (χ1) is 15.0. The number of rotatable bonds is 5. The maximum absolute atomic E-state index is 12.7. The smallest absolute Gasteiger partial charge is 0.343 e. The number of hydrogen-bond acceptors (Lipinski definition) is 6. The topological polar surface area (TPSA) is 102 Å². The average molecular weight is 430 g/mol. The Bertz CT molecular complexity index is 1220. The molecule has 7 heteroatoms. The molecular formula is C24H18N2O4S. The molecule has 0 spiro atoms. The van der Waals surface area contributed by atoms with E-state index in [1.807, 2.05) is 29.6 Å². The predicted octanol–water partition coefficient (Wildman–Crippen LogP) is 5.17. The van der Waals surface area contributed by atoms with Gasteiger partial charge in [-0.15, -0.1) is 11.3 Å². The van der Waals surface area contributed by atoms with E-state index in [1.54, 1.807) is 41.7 Å². The van der Waals surface area contributed by atoms with Crippen LogP contribution in [0.1, 0.15) is 20.7 Å². The van der Waals surface area contributed by atoms with Gasteiger partial charge in [0.15, 0.2) is 0 Å². The molecule has 3 aromatic carbocycles. The van der Waals surface area contributed by atoms with E-state index in [0.717, 1.165) is 10.4 Å². The largest absolute Gasteiger partial charge is 0.508 e. The van der Waals surface area contributed by atoms with Crippen molar-refractivity contribution in [2.45, 2.75) is 0 Å². The zero-order chi connectivity index (χ0) is 21.8. The number of hydrogen-bond donors (Lipinski definition) is 3. The highest BCUT2D eigenvalue weighted by Gasteiger charge is 2.12. The van der Waals surface area contributed by atoms with Crippen molar-refractivity contribution >= 4 is 34.6 Å². The molecule has 6 nitrogen and oxygen atoms in total. The molecule has 0 aliphatic carbocycles. The summed E-state index contributed by atoms with van der Waals surface area (Å²) in [6.07, 6.45) is 0. The van der Waals surface area contributed by atoms with E-state index in [0.29, 0.717) is 28.3 Å². The molecule has 4 aromatic rings. The highest BCUT2D eigenvalue weighted by molar-refractivity contribution is 7.13. The van der Waals surface area contributed by atoms with Crippen molar-refractivity contribution in [2.24, 2.45) is 0 Å². The van der Waals surface area contributed by atoms with Crippen molar-refractivity contribution in [1.29, 1.82) is 0 Å². The van der Waals surface area contributed by atoms with Crippen LogP contribution in [0.3, 0.4) is 0 Å². The van der Waals surface area contributed by atoms with E-state index in [-0.39, 0.29) is 11.7 Å². The van der Waals surface area contributed by atoms with Crippen molar-refractivity contribution in [3.05, 3.63) is 95.4 Å². The molecule has 0 bridgehead atoms. The molecule has 1 heterocycles. The molecule has 4 N–H and O–H groups in total. The van der Waals surface area contributed by atoms with Gasteiger partial charge in [-0.25, -0.2) is 4.79 Å². The molecule has 0 atom stereocenters. The van der Waals surface area contributed by atoms with Gasteiger partial charge in [0, 0.05) is 10.4 Å². The van der Waals surface area contributed by atoms with Crippen molar-refractivity contribution in [3.63, 3.8) is 0 Å². The van der Waals surface area contributed by atoms with Crippen LogP contribution in [0.15, 0.2) is 84.2 Å². The second-order valence-electron chi connectivity index (χ2n) is 6.69. The Morgan fingerprint density at radius 2 is 1.61 bits per heavy atom. The number of phenolic OH excluding ortho intramolecular Hbond substituents is 1. The van der Waals surface area contributed by atoms with Gasteiger partial charge in [0.25, 0.3) is 5.91 Å². The lowest BCUT2D eigenvalue weighted by molar-refractivity contribution is 0.0734. The first kappa shape index (κ1) is 20.2. The number of benzene rings is 3. The van der Waals surface area contributed by atoms with Gasteiger partial charge in [-0.2, -0.15) is 0 Å². The maximum atomic E-state index is 12.7. The van der Waals surface area contributed by atoms with Crippen LogP contribution < -0.4 is 15.8 Å².